The number of rotatable bonds is 0. The van der Waals surface area contributed by atoms with Gasteiger partial charge in [0.15, 0.2) is 0 Å². The first-order valence-corrected chi connectivity index (χ1v) is 4.41. The van der Waals surface area contributed by atoms with Crippen molar-refractivity contribution in [2.75, 3.05) is 6.54 Å². The van der Waals surface area contributed by atoms with Gasteiger partial charge in [0, 0.05) is 17.7 Å². The molecular formula is C7H10N2S. The van der Waals surface area contributed by atoms with E-state index < -0.39 is 0 Å². The highest BCUT2D eigenvalue weighted by Gasteiger charge is 2.18. The molecule has 0 aromatic heterocycles. The molecule has 1 unspecified atom stereocenters. The van der Waals surface area contributed by atoms with Crippen molar-refractivity contribution in [1.82, 2.24) is 4.72 Å². The molecule has 2 rings (SSSR count). The fraction of sp³-hybridized carbons (Fsp3) is 0.571. The predicted octanol–water partition coefficient (Wildman–Crippen LogP) is 1.35. The Morgan fingerprint density at radius 2 is 2.70 bits per heavy atom. The van der Waals surface area contributed by atoms with Gasteiger partial charge in [-0.15, -0.1) is 0 Å². The first kappa shape index (κ1) is 6.43. The van der Waals surface area contributed by atoms with Crippen molar-refractivity contribution in [3.63, 3.8) is 0 Å². The zero-order valence-electron chi connectivity index (χ0n) is 5.71. The number of nitrogens with one attached hydrogen (secondary N) is 1. The van der Waals surface area contributed by atoms with Crippen LogP contribution in [0.1, 0.15) is 12.8 Å². The minimum Gasteiger partial charge on any atom is -0.284 e. The first-order chi connectivity index (χ1) is 4.97. The third kappa shape index (κ3) is 1.11. The summed E-state index contributed by atoms with van der Waals surface area (Å²) in [5.41, 5.74) is 0. The third-order valence-corrected chi connectivity index (χ3v) is 2.77. The molecular weight excluding hydrogens is 144 g/mol. The normalized spacial score (nSPS) is 31.2. The van der Waals surface area contributed by atoms with E-state index in [0.717, 1.165) is 6.54 Å². The molecule has 3 heteroatoms. The van der Waals surface area contributed by atoms with Gasteiger partial charge in [0.25, 0.3) is 0 Å². The molecule has 1 N–H and O–H groups in total. The number of hydrogen-bond acceptors (Lipinski definition) is 3. The zero-order chi connectivity index (χ0) is 6.81. The van der Waals surface area contributed by atoms with Crippen LogP contribution < -0.4 is 4.72 Å². The summed E-state index contributed by atoms with van der Waals surface area (Å²) in [5, 5.41) is 0. The van der Waals surface area contributed by atoms with Gasteiger partial charge in [0.05, 0.1) is 6.04 Å². The lowest BCUT2D eigenvalue weighted by Gasteiger charge is -2.04. The van der Waals surface area contributed by atoms with Crippen molar-refractivity contribution in [1.29, 1.82) is 0 Å². The van der Waals surface area contributed by atoms with Crippen LogP contribution >= 0.6 is 11.9 Å². The average Bonchev–Trinajstić information content (AvgIpc) is 2.28. The number of fused-ring (bicyclic) bond motifs is 1. The average molecular weight is 154 g/mol. The van der Waals surface area contributed by atoms with Gasteiger partial charge in [-0.05, 0) is 30.9 Å². The van der Waals surface area contributed by atoms with Gasteiger partial charge in [-0.1, -0.05) is 0 Å². The number of allylic oxidation sites excluding steroid dienone is 1. The molecule has 0 radical (unpaired) electrons. The van der Waals surface area contributed by atoms with Crippen molar-refractivity contribution < 1.29 is 0 Å². The molecule has 2 aliphatic rings. The maximum atomic E-state index is 4.34. The summed E-state index contributed by atoms with van der Waals surface area (Å²) < 4.78 is 3.29. The third-order valence-electron chi connectivity index (χ3n) is 1.78. The van der Waals surface area contributed by atoms with E-state index in [1.54, 1.807) is 11.9 Å². The maximum Gasteiger partial charge on any atom is 0.0821 e. The van der Waals surface area contributed by atoms with Crippen LogP contribution in [0.4, 0.5) is 0 Å². The molecule has 0 spiro atoms. The Labute approximate surface area is 64.9 Å². The van der Waals surface area contributed by atoms with Crippen LogP contribution in [0.15, 0.2) is 16.0 Å². The molecule has 1 atom stereocenters. The van der Waals surface area contributed by atoms with E-state index in [4.69, 9.17) is 0 Å². The molecule has 54 valence electrons. The Hall–Kier alpha value is -0.280. The number of hydrogen-bond donors (Lipinski definition) is 1. The molecule has 0 bridgehead atoms. The van der Waals surface area contributed by atoms with Gasteiger partial charge >= 0.3 is 0 Å². The van der Waals surface area contributed by atoms with E-state index in [0.29, 0.717) is 6.04 Å². The van der Waals surface area contributed by atoms with Gasteiger partial charge in [0.1, 0.15) is 0 Å². The van der Waals surface area contributed by atoms with E-state index in [-0.39, 0.29) is 0 Å². The summed E-state index contributed by atoms with van der Waals surface area (Å²) in [6.07, 6.45) is 6.47. The number of nitrogens with zero attached hydrogens (tertiary/aromatic N) is 1. The summed E-state index contributed by atoms with van der Waals surface area (Å²) in [6.45, 7) is 1.12. The van der Waals surface area contributed by atoms with Crippen LogP contribution in [0, 0.1) is 0 Å². The first-order valence-electron chi connectivity index (χ1n) is 3.60. The Balaban J connectivity index is 2.11. The molecule has 2 nitrogen and oxygen atoms in total. The van der Waals surface area contributed by atoms with Gasteiger partial charge < -0.3 is 0 Å². The van der Waals surface area contributed by atoms with Gasteiger partial charge in [-0.25, -0.2) is 0 Å². The van der Waals surface area contributed by atoms with Gasteiger partial charge in [0.2, 0.25) is 0 Å². The standard InChI is InChI=1S/C7H10N2S/c1-2-6-7(3-5-8-6)10-9-4-1/h3,5-6,9H,1-2,4H2. The molecule has 1 fully saturated rings. The van der Waals surface area contributed by atoms with E-state index >= 15 is 0 Å². The molecule has 2 heterocycles. The smallest absolute Gasteiger partial charge is 0.0821 e. The SMILES string of the molecule is C1=NC2CCCNSC2=C1. The van der Waals surface area contributed by atoms with E-state index in [2.05, 4.69) is 15.8 Å². The lowest BCUT2D eigenvalue weighted by molar-refractivity contribution is 0.679. The zero-order valence-corrected chi connectivity index (χ0v) is 6.53. The minimum atomic E-state index is 0.486. The van der Waals surface area contributed by atoms with Crippen molar-refractivity contribution >= 4 is 18.2 Å². The van der Waals surface area contributed by atoms with Crippen molar-refractivity contribution in [2.45, 2.75) is 18.9 Å². The fourth-order valence-corrected chi connectivity index (χ4v) is 2.08. The van der Waals surface area contributed by atoms with Crippen molar-refractivity contribution in [2.24, 2.45) is 4.99 Å². The lowest BCUT2D eigenvalue weighted by Crippen LogP contribution is -2.01. The second kappa shape index (κ2) is 2.76. The van der Waals surface area contributed by atoms with Crippen LogP contribution in [0.25, 0.3) is 0 Å². The molecule has 0 amide bonds. The molecule has 0 saturated carbocycles. The van der Waals surface area contributed by atoms with E-state index in [9.17, 15) is 0 Å². The fourth-order valence-electron chi connectivity index (χ4n) is 1.23. The molecule has 2 aliphatic heterocycles. The highest BCUT2D eigenvalue weighted by molar-refractivity contribution is 8.01. The van der Waals surface area contributed by atoms with E-state index in [1.165, 1.54) is 17.7 Å². The van der Waals surface area contributed by atoms with E-state index in [1.807, 2.05) is 6.21 Å². The Morgan fingerprint density at radius 1 is 1.70 bits per heavy atom. The second-order valence-electron chi connectivity index (χ2n) is 2.52. The highest BCUT2D eigenvalue weighted by atomic mass is 32.2. The molecule has 0 aliphatic carbocycles. The topological polar surface area (TPSA) is 24.4 Å². The monoisotopic (exact) mass is 154 g/mol. The predicted molar refractivity (Wildman–Crippen MR) is 45.2 cm³/mol. The Morgan fingerprint density at radius 3 is 3.70 bits per heavy atom. The highest BCUT2D eigenvalue weighted by Crippen LogP contribution is 2.27. The van der Waals surface area contributed by atoms with Crippen LogP contribution in [0.3, 0.4) is 0 Å². The molecule has 1 saturated heterocycles. The summed E-state index contributed by atoms with van der Waals surface area (Å²) in [6, 6.07) is 0.486. The molecule has 10 heavy (non-hydrogen) atoms. The Bertz CT molecular complexity index is 186. The Kier molecular flexibility index (Phi) is 1.78. The van der Waals surface area contributed by atoms with Crippen molar-refractivity contribution in [3.05, 3.63) is 11.0 Å². The summed E-state index contributed by atoms with van der Waals surface area (Å²) in [5.74, 6) is 0. The summed E-state index contributed by atoms with van der Waals surface area (Å²) in [4.78, 5) is 5.73. The largest absolute Gasteiger partial charge is 0.284 e. The van der Waals surface area contributed by atoms with Crippen LogP contribution in [-0.4, -0.2) is 18.8 Å². The molecule has 0 aromatic rings. The van der Waals surface area contributed by atoms with Gasteiger partial charge in [-0.2, -0.15) is 0 Å². The van der Waals surface area contributed by atoms with Crippen molar-refractivity contribution in [3.8, 4) is 0 Å². The second-order valence-corrected chi connectivity index (χ2v) is 3.49. The molecule has 0 aromatic carbocycles. The van der Waals surface area contributed by atoms with Crippen LogP contribution in [0.2, 0.25) is 0 Å². The number of aliphatic imine (C=N–C) groups is 1. The summed E-state index contributed by atoms with van der Waals surface area (Å²) >= 11 is 1.74. The lowest BCUT2D eigenvalue weighted by atomic mass is 10.2. The quantitative estimate of drug-likeness (QED) is 0.533. The maximum absolute atomic E-state index is 4.34. The van der Waals surface area contributed by atoms with Crippen LogP contribution in [-0.2, 0) is 0 Å². The summed E-state index contributed by atoms with van der Waals surface area (Å²) in [7, 11) is 0. The minimum absolute atomic E-state index is 0.486. The van der Waals surface area contributed by atoms with Crippen LogP contribution in [0.5, 0.6) is 0 Å². The van der Waals surface area contributed by atoms with Gasteiger partial charge in [-0.3, -0.25) is 9.71 Å².